The molecule has 2 N–H and O–H groups in total. The van der Waals surface area contributed by atoms with Crippen molar-refractivity contribution in [2.75, 3.05) is 6.61 Å². The Morgan fingerprint density at radius 1 is 1.38 bits per heavy atom. The standard InChI is InChI=1S/C3H8O2.2O.Ti/c1-3(5)2-4;;;/h3-5H,2H2,1H3;;;/q;2*-2;+4. The van der Waals surface area contributed by atoms with Crippen molar-refractivity contribution in [1.29, 1.82) is 0 Å². The summed E-state index contributed by atoms with van der Waals surface area (Å²) in [6.07, 6.45) is -0.560. The molecule has 0 aliphatic heterocycles. The van der Waals surface area contributed by atoms with E-state index >= 15 is 0 Å². The van der Waals surface area contributed by atoms with Crippen molar-refractivity contribution in [2.24, 2.45) is 0 Å². The molecule has 0 saturated heterocycles. The summed E-state index contributed by atoms with van der Waals surface area (Å²) < 4.78 is 0. The van der Waals surface area contributed by atoms with Crippen molar-refractivity contribution >= 4 is 0 Å². The van der Waals surface area contributed by atoms with Crippen LogP contribution in [0.2, 0.25) is 0 Å². The summed E-state index contributed by atoms with van der Waals surface area (Å²) in [5.74, 6) is 0. The monoisotopic (exact) mass is 156 g/mol. The van der Waals surface area contributed by atoms with Crippen molar-refractivity contribution in [3.8, 4) is 0 Å². The molecule has 0 bridgehead atoms. The Balaban J connectivity index is -0.0000000267. The molecule has 0 aromatic rings. The van der Waals surface area contributed by atoms with E-state index in [-0.39, 0.29) is 39.3 Å². The summed E-state index contributed by atoms with van der Waals surface area (Å²) in [6.45, 7) is 1.39. The molecular weight excluding hydrogens is 148 g/mol. The Labute approximate surface area is 63.0 Å². The maximum Gasteiger partial charge on any atom is 4.00 e. The Bertz CT molecular complexity index is 25.2. The average molecular weight is 156 g/mol. The molecule has 0 radical (unpaired) electrons. The van der Waals surface area contributed by atoms with Crippen LogP contribution in [-0.2, 0) is 32.7 Å². The Morgan fingerprint density at radius 3 is 1.50 bits per heavy atom. The molecule has 0 aliphatic rings. The van der Waals surface area contributed by atoms with Crippen LogP contribution in [0.5, 0.6) is 0 Å². The van der Waals surface area contributed by atoms with Crippen molar-refractivity contribution in [1.82, 2.24) is 0 Å². The van der Waals surface area contributed by atoms with Crippen LogP contribution in [0.25, 0.3) is 0 Å². The van der Waals surface area contributed by atoms with Crippen molar-refractivity contribution < 1.29 is 42.9 Å². The second-order valence-corrected chi connectivity index (χ2v) is 1.03. The zero-order valence-electron chi connectivity index (χ0n) is 4.50. The van der Waals surface area contributed by atoms with Gasteiger partial charge in [0.05, 0.1) is 12.7 Å². The molecule has 8 heavy (non-hydrogen) atoms. The average Bonchev–Trinajstić information content (AvgIpc) is 1.38. The zero-order valence-corrected chi connectivity index (χ0v) is 6.06. The molecule has 48 valence electrons. The third-order valence-electron chi connectivity index (χ3n) is 0.264. The summed E-state index contributed by atoms with van der Waals surface area (Å²) >= 11 is 0. The number of aliphatic hydroxyl groups is 2. The molecule has 0 spiro atoms. The van der Waals surface area contributed by atoms with E-state index in [0.29, 0.717) is 0 Å². The SMILES string of the molecule is CC(O)CO.[O-2].[O-2].[Ti+4]. The zero-order chi connectivity index (χ0) is 4.28. The minimum Gasteiger partial charge on any atom is -2.00 e. The van der Waals surface area contributed by atoms with E-state index in [2.05, 4.69) is 0 Å². The first-order chi connectivity index (χ1) is 2.27. The van der Waals surface area contributed by atoms with E-state index in [0.717, 1.165) is 0 Å². The first kappa shape index (κ1) is 23.5. The fraction of sp³-hybridized carbons (Fsp3) is 1.00. The van der Waals surface area contributed by atoms with Crippen molar-refractivity contribution in [3.05, 3.63) is 0 Å². The van der Waals surface area contributed by atoms with Crippen LogP contribution in [0.15, 0.2) is 0 Å². The fourth-order valence-corrected chi connectivity index (χ4v) is 0. The van der Waals surface area contributed by atoms with Gasteiger partial charge in [0.1, 0.15) is 0 Å². The van der Waals surface area contributed by atoms with Crippen LogP contribution < -0.4 is 0 Å². The number of rotatable bonds is 1. The molecule has 0 fully saturated rings. The second-order valence-electron chi connectivity index (χ2n) is 1.03. The van der Waals surface area contributed by atoms with E-state index in [1.807, 2.05) is 0 Å². The van der Waals surface area contributed by atoms with Crippen LogP contribution in [0.3, 0.4) is 0 Å². The second kappa shape index (κ2) is 15.6. The van der Waals surface area contributed by atoms with E-state index in [9.17, 15) is 0 Å². The smallest absolute Gasteiger partial charge is 2.00 e. The minimum atomic E-state index is -0.560. The van der Waals surface area contributed by atoms with Gasteiger partial charge in [-0.1, -0.05) is 0 Å². The minimum absolute atomic E-state index is 0. The van der Waals surface area contributed by atoms with Crippen molar-refractivity contribution in [3.63, 3.8) is 0 Å². The molecule has 0 aromatic heterocycles. The van der Waals surface area contributed by atoms with Gasteiger partial charge >= 0.3 is 21.7 Å². The molecule has 1 unspecified atom stereocenters. The third kappa shape index (κ3) is 31.0. The van der Waals surface area contributed by atoms with E-state index in [1.165, 1.54) is 6.92 Å². The molecule has 5 heteroatoms. The van der Waals surface area contributed by atoms with Gasteiger partial charge in [0.25, 0.3) is 0 Å². The first-order valence-electron chi connectivity index (χ1n) is 1.56. The van der Waals surface area contributed by atoms with Crippen LogP contribution in [-0.4, -0.2) is 22.9 Å². The topological polar surface area (TPSA) is 97.5 Å². The molecule has 0 aliphatic carbocycles. The van der Waals surface area contributed by atoms with E-state index < -0.39 is 6.10 Å². The fourth-order valence-electron chi connectivity index (χ4n) is 0. The molecule has 0 saturated carbocycles. The summed E-state index contributed by atoms with van der Waals surface area (Å²) in [4.78, 5) is 0. The maximum absolute atomic E-state index is 8.11. The number of hydrogen-bond acceptors (Lipinski definition) is 2. The number of aliphatic hydroxyl groups excluding tert-OH is 2. The quantitative estimate of drug-likeness (QED) is 0.482. The molecule has 4 nitrogen and oxygen atoms in total. The largest absolute Gasteiger partial charge is 4.00 e. The van der Waals surface area contributed by atoms with Gasteiger partial charge < -0.3 is 21.2 Å². The summed E-state index contributed by atoms with van der Waals surface area (Å²) in [5, 5.41) is 16.0. The summed E-state index contributed by atoms with van der Waals surface area (Å²) in [5.41, 5.74) is 0. The first-order valence-corrected chi connectivity index (χ1v) is 1.56. The Hall–Kier alpha value is 0.554. The van der Waals surface area contributed by atoms with Crippen LogP contribution in [0.4, 0.5) is 0 Å². The van der Waals surface area contributed by atoms with Gasteiger partial charge in [-0.25, -0.2) is 0 Å². The van der Waals surface area contributed by atoms with E-state index in [4.69, 9.17) is 10.2 Å². The predicted molar refractivity (Wildman–Crippen MR) is 20.1 cm³/mol. The van der Waals surface area contributed by atoms with Gasteiger partial charge in [-0.3, -0.25) is 0 Å². The van der Waals surface area contributed by atoms with Gasteiger partial charge in [0.2, 0.25) is 0 Å². The molecule has 1 atom stereocenters. The summed E-state index contributed by atoms with van der Waals surface area (Å²) in [6, 6.07) is 0. The molecular formula is C3H8O4Ti. The van der Waals surface area contributed by atoms with Crippen LogP contribution in [0.1, 0.15) is 6.92 Å². The van der Waals surface area contributed by atoms with Gasteiger partial charge in [-0.2, -0.15) is 0 Å². The predicted octanol–water partition coefficient (Wildman–Crippen LogP) is -0.881. The van der Waals surface area contributed by atoms with Gasteiger partial charge in [-0.15, -0.1) is 0 Å². The molecule has 0 heterocycles. The molecule has 0 aromatic carbocycles. The number of hydrogen-bond donors (Lipinski definition) is 2. The normalized spacial score (nSPS) is 9.38. The maximum atomic E-state index is 8.11. The van der Waals surface area contributed by atoms with Gasteiger partial charge in [-0.05, 0) is 6.92 Å². The molecule has 0 rings (SSSR count). The molecule has 0 amide bonds. The Kier molecular flexibility index (Phi) is 46.0. The van der Waals surface area contributed by atoms with E-state index in [1.54, 1.807) is 0 Å². The van der Waals surface area contributed by atoms with Crippen molar-refractivity contribution in [2.45, 2.75) is 13.0 Å². The third-order valence-corrected chi connectivity index (χ3v) is 0.264. The van der Waals surface area contributed by atoms with Crippen LogP contribution >= 0.6 is 0 Å². The summed E-state index contributed by atoms with van der Waals surface area (Å²) in [7, 11) is 0. The van der Waals surface area contributed by atoms with Gasteiger partial charge in [0.15, 0.2) is 0 Å². The van der Waals surface area contributed by atoms with Gasteiger partial charge in [0, 0.05) is 0 Å². The van der Waals surface area contributed by atoms with Crippen LogP contribution in [0, 0.1) is 0 Å². The Morgan fingerprint density at radius 2 is 1.50 bits per heavy atom.